The Balaban J connectivity index is 2.15. The molecule has 14 heavy (non-hydrogen) atoms. The van der Waals surface area contributed by atoms with Gasteiger partial charge in [-0.05, 0) is 0 Å². The zero-order chi connectivity index (χ0) is 10.4. The number of nitrogens with one attached hydrogen (secondary N) is 2. The van der Waals surface area contributed by atoms with E-state index in [0.717, 1.165) is 17.6 Å². The number of amides is 2. The number of morpholine rings is 1. The van der Waals surface area contributed by atoms with E-state index in [1.54, 1.807) is 0 Å². The Morgan fingerprint density at radius 2 is 2.14 bits per heavy atom. The monoisotopic (exact) mass is 263 g/mol. The van der Waals surface area contributed by atoms with Gasteiger partial charge in [-0.3, -0.25) is 5.43 Å². The van der Waals surface area contributed by atoms with Crippen LogP contribution in [0.1, 0.15) is 0 Å². The highest BCUT2D eigenvalue weighted by molar-refractivity contribution is 9.11. The smallest absolute Gasteiger partial charge is 0.329 e. The van der Waals surface area contributed by atoms with Gasteiger partial charge in [-0.1, -0.05) is 22.5 Å². The van der Waals surface area contributed by atoms with Gasteiger partial charge in [0.05, 0.1) is 19.8 Å². The normalized spacial score (nSPS) is 17.5. The van der Waals surface area contributed by atoms with E-state index in [4.69, 9.17) is 4.74 Å². The van der Waals surface area contributed by atoms with Crippen LogP contribution in [0, 0.1) is 0 Å². The van der Waals surface area contributed by atoms with Gasteiger partial charge >= 0.3 is 6.03 Å². The predicted octanol–water partition coefficient (Wildman–Crippen LogP) is 0.441. The molecule has 2 N–H and O–H groups in total. The minimum Gasteiger partial charge on any atom is -0.379 e. The number of halogens is 1. The van der Waals surface area contributed by atoms with Crippen molar-refractivity contribution in [3.05, 3.63) is 11.1 Å². The zero-order valence-corrected chi connectivity index (χ0v) is 9.47. The molecule has 1 fully saturated rings. The van der Waals surface area contributed by atoms with Crippen molar-refractivity contribution in [2.45, 2.75) is 0 Å². The van der Waals surface area contributed by atoms with Crippen LogP contribution in [0.25, 0.3) is 0 Å². The van der Waals surface area contributed by atoms with Crippen LogP contribution < -0.4 is 10.7 Å². The highest BCUT2D eigenvalue weighted by Gasteiger charge is 2.12. The van der Waals surface area contributed by atoms with Gasteiger partial charge in [0.25, 0.3) is 0 Å². The van der Waals surface area contributed by atoms with Crippen LogP contribution in [0.3, 0.4) is 0 Å². The van der Waals surface area contributed by atoms with Gasteiger partial charge in [-0.2, -0.15) is 0 Å². The number of nitrogens with zero attached hydrogens (tertiary/aromatic N) is 1. The number of carbonyl (C=O) groups excluding carboxylic acids is 1. The van der Waals surface area contributed by atoms with Gasteiger partial charge in [0.1, 0.15) is 0 Å². The number of urea groups is 1. The lowest BCUT2D eigenvalue weighted by Crippen LogP contribution is -2.51. The molecule has 0 unspecified atom stereocenters. The molecule has 1 aliphatic heterocycles. The molecular formula is C8H14BrN3O2. The van der Waals surface area contributed by atoms with E-state index in [0.29, 0.717) is 19.8 Å². The summed E-state index contributed by atoms with van der Waals surface area (Å²) < 4.78 is 5.89. The Hall–Kier alpha value is -0.590. The van der Waals surface area contributed by atoms with Crippen molar-refractivity contribution in [3.63, 3.8) is 0 Å². The second kappa shape index (κ2) is 6.00. The number of hydrazine groups is 1. The van der Waals surface area contributed by atoms with Crippen LogP contribution in [-0.4, -0.2) is 43.9 Å². The van der Waals surface area contributed by atoms with Gasteiger partial charge in [-0.25, -0.2) is 9.80 Å². The van der Waals surface area contributed by atoms with Crippen LogP contribution in [0.5, 0.6) is 0 Å². The van der Waals surface area contributed by atoms with Gasteiger partial charge in [0.15, 0.2) is 0 Å². The SMILES string of the molecule is C=C(Br)CNC(=O)NN1CCOCC1. The maximum atomic E-state index is 11.2. The Kier molecular flexibility index (Phi) is 4.92. The molecule has 0 spiro atoms. The average molecular weight is 264 g/mol. The highest BCUT2D eigenvalue weighted by atomic mass is 79.9. The summed E-state index contributed by atoms with van der Waals surface area (Å²) >= 11 is 3.16. The molecule has 1 rings (SSSR count). The Labute approximate surface area is 91.6 Å². The molecule has 0 radical (unpaired) electrons. The van der Waals surface area contributed by atoms with Crippen LogP contribution in [0.4, 0.5) is 4.79 Å². The summed E-state index contributed by atoms with van der Waals surface area (Å²) in [6, 6.07) is -0.215. The zero-order valence-electron chi connectivity index (χ0n) is 7.88. The molecular weight excluding hydrogens is 250 g/mol. The summed E-state index contributed by atoms with van der Waals surface area (Å²) in [5, 5.41) is 4.48. The van der Waals surface area contributed by atoms with Crippen molar-refractivity contribution < 1.29 is 9.53 Å². The fourth-order valence-electron chi connectivity index (χ4n) is 1.03. The molecule has 0 saturated carbocycles. The lowest BCUT2D eigenvalue weighted by atomic mass is 10.5. The molecule has 1 heterocycles. The van der Waals surface area contributed by atoms with E-state index in [-0.39, 0.29) is 6.03 Å². The number of ether oxygens (including phenoxy) is 1. The quantitative estimate of drug-likeness (QED) is 0.777. The number of hydrogen-bond donors (Lipinski definition) is 2. The first-order valence-corrected chi connectivity index (χ1v) is 5.18. The Morgan fingerprint density at radius 3 is 2.71 bits per heavy atom. The van der Waals surface area contributed by atoms with Gasteiger partial charge < -0.3 is 10.1 Å². The molecule has 0 aliphatic carbocycles. The molecule has 80 valence electrons. The van der Waals surface area contributed by atoms with Gasteiger partial charge in [-0.15, -0.1) is 0 Å². The second-order valence-electron chi connectivity index (χ2n) is 2.91. The lowest BCUT2D eigenvalue weighted by molar-refractivity contribution is 0.0196. The minimum atomic E-state index is -0.215. The molecule has 1 saturated heterocycles. The molecule has 0 atom stereocenters. The minimum absolute atomic E-state index is 0.215. The first-order chi connectivity index (χ1) is 6.68. The van der Waals surface area contributed by atoms with E-state index in [2.05, 4.69) is 33.3 Å². The van der Waals surface area contributed by atoms with Gasteiger partial charge in [0, 0.05) is 17.6 Å². The molecule has 1 aliphatic rings. The summed E-state index contributed by atoms with van der Waals surface area (Å²) in [4.78, 5) is 11.2. The summed E-state index contributed by atoms with van der Waals surface area (Å²) in [5.41, 5.74) is 2.72. The van der Waals surface area contributed by atoms with E-state index >= 15 is 0 Å². The van der Waals surface area contributed by atoms with Crippen molar-refractivity contribution in [2.75, 3.05) is 32.8 Å². The Morgan fingerprint density at radius 1 is 1.50 bits per heavy atom. The summed E-state index contributed by atoms with van der Waals surface area (Å²) in [5.74, 6) is 0. The largest absolute Gasteiger partial charge is 0.379 e. The fourth-order valence-corrected chi connectivity index (χ4v) is 1.17. The van der Waals surface area contributed by atoms with Gasteiger partial charge in [0.2, 0.25) is 0 Å². The van der Waals surface area contributed by atoms with Crippen LogP contribution in [0.15, 0.2) is 11.1 Å². The first-order valence-electron chi connectivity index (χ1n) is 4.39. The van der Waals surface area contributed by atoms with E-state index in [1.807, 2.05) is 5.01 Å². The van der Waals surface area contributed by atoms with E-state index in [1.165, 1.54) is 0 Å². The maximum Gasteiger partial charge on any atom is 0.329 e. The van der Waals surface area contributed by atoms with E-state index < -0.39 is 0 Å². The van der Waals surface area contributed by atoms with Crippen LogP contribution in [0.2, 0.25) is 0 Å². The summed E-state index contributed by atoms with van der Waals surface area (Å²) in [6.07, 6.45) is 0. The second-order valence-corrected chi connectivity index (χ2v) is 4.03. The van der Waals surface area contributed by atoms with Crippen molar-refractivity contribution in [1.82, 2.24) is 15.8 Å². The Bertz CT molecular complexity index is 217. The molecule has 2 amide bonds. The lowest BCUT2D eigenvalue weighted by Gasteiger charge is -2.26. The average Bonchev–Trinajstić information content (AvgIpc) is 2.16. The molecule has 0 aromatic rings. The maximum absolute atomic E-state index is 11.2. The summed E-state index contributed by atoms with van der Waals surface area (Å²) in [6.45, 7) is 6.81. The van der Waals surface area contributed by atoms with Crippen molar-refractivity contribution in [2.24, 2.45) is 0 Å². The number of hydrogen-bond acceptors (Lipinski definition) is 3. The topological polar surface area (TPSA) is 53.6 Å². The molecule has 0 bridgehead atoms. The van der Waals surface area contributed by atoms with Crippen molar-refractivity contribution >= 4 is 22.0 Å². The fraction of sp³-hybridized carbons (Fsp3) is 0.625. The number of rotatable bonds is 3. The third-order valence-corrected chi connectivity index (χ3v) is 1.99. The molecule has 0 aromatic heterocycles. The summed E-state index contributed by atoms with van der Waals surface area (Å²) in [7, 11) is 0. The third-order valence-electron chi connectivity index (χ3n) is 1.71. The highest BCUT2D eigenvalue weighted by Crippen LogP contribution is 1.96. The first kappa shape index (κ1) is 11.5. The van der Waals surface area contributed by atoms with Crippen LogP contribution in [-0.2, 0) is 4.74 Å². The van der Waals surface area contributed by atoms with E-state index in [9.17, 15) is 4.79 Å². The number of carbonyl (C=O) groups is 1. The molecule has 6 heteroatoms. The standard InChI is InChI=1S/C8H14BrN3O2/c1-7(9)6-10-8(13)11-12-2-4-14-5-3-12/h1-6H2,(H2,10,11,13). The van der Waals surface area contributed by atoms with Crippen LogP contribution >= 0.6 is 15.9 Å². The molecule has 0 aromatic carbocycles. The van der Waals surface area contributed by atoms with Crippen molar-refractivity contribution in [3.8, 4) is 0 Å². The predicted molar refractivity (Wildman–Crippen MR) is 57.0 cm³/mol. The third kappa shape index (κ3) is 4.59. The molecule has 5 nitrogen and oxygen atoms in total. The van der Waals surface area contributed by atoms with Crippen molar-refractivity contribution in [1.29, 1.82) is 0 Å².